The summed E-state index contributed by atoms with van der Waals surface area (Å²) < 4.78 is 0. The van der Waals surface area contributed by atoms with E-state index in [1.165, 1.54) is 6.92 Å². The number of aliphatic carboxylic acids is 1. The van der Waals surface area contributed by atoms with Crippen molar-refractivity contribution in [1.82, 2.24) is 20.2 Å². The maximum Gasteiger partial charge on any atom is 0.312 e. The molecule has 1 atom stereocenters. The topological polar surface area (TPSA) is 155 Å². The minimum absolute atomic E-state index is 0.0809. The SMILES string of the molecule is CC(C(=O)O)c1n[nH]c2nc(N)[nH]c(=O)c2c1=O. The number of hydrogen-bond donors (Lipinski definition) is 4. The molecule has 0 aliphatic heterocycles. The quantitative estimate of drug-likeness (QED) is 0.521. The number of carboxylic acids is 1. The monoisotopic (exact) mass is 251 g/mol. The molecule has 0 aliphatic rings. The molecule has 2 rings (SSSR count). The first-order chi connectivity index (χ1) is 8.41. The van der Waals surface area contributed by atoms with Crippen molar-refractivity contribution < 1.29 is 9.90 Å². The van der Waals surface area contributed by atoms with Gasteiger partial charge in [-0.3, -0.25) is 24.5 Å². The van der Waals surface area contributed by atoms with Gasteiger partial charge in [-0.15, -0.1) is 0 Å². The molecule has 0 amide bonds. The number of carbonyl (C=O) groups is 1. The zero-order valence-electron chi connectivity index (χ0n) is 9.22. The van der Waals surface area contributed by atoms with Gasteiger partial charge in [0.05, 0.1) is 0 Å². The molecule has 2 aromatic heterocycles. The minimum Gasteiger partial charge on any atom is -0.481 e. The van der Waals surface area contributed by atoms with Crippen LogP contribution in [-0.4, -0.2) is 31.2 Å². The van der Waals surface area contributed by atoms with E-state index in [0.717, 1.165) is 0 Å². The molecule has 0 saturated carbocycles. The number of nitrogens with two attached hydrogens (primary N) is 1. The van der Waals surface area contributed by atoms with Crippen molar-refractivity contribution in [3.05, 3.63) is 26.3 Å². The van der Waals surface area contributed by atoms with Gasteiger partial charge in [0.1, 0.15) is 17.0 Å². The number of nitrogen functional groups attached to an aromatic ring is 1. The summed E-state index contributed by atoms with van der Waals surface area (Å²) in [5, 5.41) is 14.5. The summed E-state index contributed by atoms with van der Waals surface area (Å²) in [6, 6.07) is 0. The highest BCUT2D eigenvalue weighted by Gasteiger charge is 2.22. The third-order valence-corrected chi connectivity index (χ3v) is 2.46. The molecule has 0 aliphatic carbocycles. The zero-order valence-corrected chi connectivity index (χ0v) is 9.22. The van der Waals surface area contributed by atoms with E-state index >= 15 is 0 Å². The molecule has 9 heteroatoms. The summed E-state index contributed by atoms with van der Waals surface area (Å²) >= 11 is 0. The largest absolute Gasteiger partial charge is 0.481 e. The molecule has 2 aromatic rings. The van der Waals surface area contributed by atoms with Gasteiger partial charge in [0.15, 0.2) is 5.65 Å². The number of anilines is 1. The smallest absolute Gasteiger partial charge is 0.312 e. The van der Waals surface area contributed by atoms with Crippen LogP contribution < -0.4 is 16.7 Å². The summed E-state index contributed by atoms with van der Waals surface area (Å²) in [4.78, 5) is 40.2. The normalized spacial score (nSPS) is 12.5. The van der Waals surface area contributed by atoms with Gasteiger partial charge in [-0.05, 0) is 6.92 Å². The molecule has 0 spiro atoms. The van der Waals surface area contributed by atoms with Crippen LogP contribution in [0.2, 0.25) is 0 Å². The van der Waals surface area contributed by atoms with Crippen molar-refractivity contribution in [2.24, 2.45) is 0 Å². The highest BCUT2D eigenvalue weighted by molar-refractivity contribution is 5.78. The number of rotatable bonds is 2. The van der Waals surface area contributed by atoms with E-state index in [1.807, 2.05) is 0 Å². The zero-order chi connectivity index (χ0) is 13.4. The number of carboxylic acid groups (broad SMARTS) is 1. The van der Waals surface area contributed by atoms with Gasteiger partial charge < -0.3 is 10.8 Å². The number of aromatic nitrogens is 4. The van der Waals surface area contributed by atoms with Crippen molar-refractivity contribution >= 4 is 23.0 Å². The van der Waals surface area contributed by atoms with E-state index in [9.17, 15) is 14.4 Å². The number of nitrogens with zero attached hydrogens (tertiary/aromatic N) is 2. The molecule has 0 aromatic carbocycles. The predicted molar refractivity (Wildman–Crippen MR) is 61.2 cm³/mol. The highest BCUT2D eigenvalue weighted by Crippen LogP contribution is 2.09. The van der Waals surface area contributed by atoms with Crippen molar-refractivity contribution in [3.63, 3.8) is 0 Å². The lowest BCUT2D eigenvalue weighted by atomic mass is 10.1. The van der Waals surface area contributed by atoms with Crippen molar-refractivity contribution in [2.75, 3.05) is 5.73 Å². The van der Waals surface area contributed by atoms with Crippen molar-refractivity contribution in [3.8, 4) is 0 Å². The summed E-state index contributed by atoms with van der Waals surface area (Å²) in [5.74, 6) is -2.51. The van der Waals surface area contributed by atoms with Crippen LogP contribution in [0.15, 0.2) is 9.59 Å². The van der Waals surface area contributed by atoms with Gasteiger partial charge in [0.2, 0.25) is 11.4 Å². The Morgan fingerprint density at radius 3 is 2.72 bits per heavy atom. The first-order valence-corrected chi connectivity index (χ1v) is 4.92. The van der Waals surface area contributed by atoms with Gasteiger partial charge in [-0.25, -0.2) is 0 Å². The number of aromatic amines is 2. The predicted octanol–water partition coefficient (Wildman–Crippen LogP) is -1.22. The van der Waals surface area contributed by atoms with E-state index in [-0.39, 0.29) is 22.7 Å². The van der Waals surface area contributed by atoms with Crippen LogP contribution in [0.3, 0.4) is 0 Å². The van der Waals surface area contributed by atoms with Crippen molar-refractivity contribution in [1.29, 1.82) is 0 Å². The second-order valence-corrected chi connectivity index (χ2v) is 3.67. The molecule has 0 bridgehead atoms. The Bertz CT molecular complexity index is 747. The van der Waals surface area contributed by atoms with E-state index < -0.39 is 22.9 Å². The molecule has 2 heterocycles. The fourth-order valence-electron chi connectivity index (χ4n) is 1.48. The molecule has 18 heavy (non-hydrogen) atoms. The van der Waals surface area contributed by atoms with Crippen molar-refractivity contribution in [2.45, 2.75) is 12.8 Å². The van der Waals surface area contributed by atoms with Gasteiger partial charge in [0.25, 0.3) is 5.56 Å². The van der Waals surface area contributed by atoms with Gasteiger partial charge in [-0.1, -0.05) is 0 Å². The average molecular weight is 251 g/mol. The third-order valence-electron chi connectivity index (χ3n) is 2.46. The van der Waals surface area contributed by atoms with Crippen LogP contribution in [0, 0.1) is 0 Å². The molecular formula is C9H9N5O4. The highest BCUT2D eigenvalue weighted by atomic mass is 16.4. The van der Waals surface area contributed by atoms with Crippen LogP contribution in [0.1, 0.15) is 18.5 Å². The lowest BCUT2D eigenvalue weighted by Gasteiger charge is -2.05. The molecule has 9 nitrogen and oxygen atoms in total. The van der Waals surface area contributed by atoms with Crippen LogP contribution in [0.5, 0.6) is 0 Å². The summed E-state index contributed by atoms with van der Waals surface area (Å²) in [7, 11) is 0. The number of nitrogens with one attached hydrogen (secondary N) is 2. The first kappa shape index (κ1) is 11.8. The fraction of sp³-hybridized carbons (Fsp3) is 0.222. The lowest BCUT2D eigenvalue weighted by Crippen LogP contribution is -2.26. The Morgan fingerprint density at radius 1 is 1.44 bits per heavy atom. The third kappa shape index (κ3) is 1.71. The van der Waals surface area contributed by atoms with Gasteiger partial charge in [0, 0.05) is 0 Å². The number of fused-ring (bicyclic) bond motifs is 1. The molecule has 1 unspecified atom stereocenters. The van der Waals surface area contributed by atoms with Crippen LogP contribution in [-0.2, 0) is 4.79 Å². The molecule has 0 saturated heterocycles. The maximum atomic E-state index is 12.0. The van der Waals surface area contributed by atoms with Crippen LogP contribution in [0.25, 0.3) is 11.0 Å². The average Bonchev–Trinajstić information content (AvgIpc) is 2.27. The number of hydrogen-bond acceptors (Lipinski definition) is 6. The van der Waals surface area contributed by atoms with Crippen LogP contribution >= 0.6 is 0 Å². The van der Waals surface area contributed by atoms with E-state index in [4.69, 9.17) is 10.8 Å². The Balaban J connectivity index is 2.84. The summed E-state index contributed by atoms with van der Waals surface area (Å²) in [6.45, 7) is 1.30. The number of H-pyrrole nitrogens is 2. The van der Waals surface area contributed by atoms with E-state index in [0.29, 0.717) is 0 Å². The Kier molecular flexibility index (Phi) is 2.58. The van der Waals surface area contributed by atoms with Gasteiger partial charge >= 0.3 is 5.97 Å². The summed E-state index contributed by atoms with van der Waals surface area (Å²) in [5.41, 5.74) is 3.46. The molecule has 0 fully saturated rings. The first-order valence-electron chi connectivity index (χ1n) is 4.92. The van der Waals surface area contributed by atoms with Gasteiger partial charge in [-0.2, -0.15) is 10.1 Å². The Labute approximate surface area is 98.7 Å². The molecular weight excluding hydrogens is 242 g/mol. The maximum absolute atomic E-state index is 12.0. The second-order valence-electron chi connectivity index (χ2n) is 3.67. The summed E-state index contributed by atoms with van der Waals surface area (Å²) in [6.07, 6.45) is 0. The Morgan fingerprint density at radius 2 is 2.11 bits per heavy atom. The van der Waals surface area contributed by atoms with Crippen LogP contribution in [0.4, 0.5) is 5.95 Å². The lowest BCUT2D eigenvalue weighted by molar-refractivity contribution is -0.138. The Hall–Kier alpha value is -2.71. The standard InChI is InChI=1S/C9H9N5O4/c1-2(8(17)18)4-5(15)3-6(14-13-4)11-9(10)12-7(3)16/h2H,1H3,(H,17,18)(H4,10,11,12,14,15,16). The van der Waals surface area contributed by atoms with E-state index in [1.54, 1.807) is 0 Å². The second kappa shape index (κ2) is 3.95. The molecule has 94 valence electrons. The molecule has 0 radical (unpaired) electrons. The minimum atomic E-state index is -1.22. The molecule has 5 N–H and O–H groups in total. The van der Waals surface area contributed by atoms with E-state index in [2.05, 4.69) is 20.2 Å². The fourth-order valence-corrected chi connectivity index (χ4v) is 1.48.